The summed E-state index contributed by atoms with van der Waals surface area (Å²) in [6.07, 6.45) is 3.48. The molecule has 268 valence electrons. The molecule has 7 rings (SSSR count). The highest BCUT2D eigenvalue weighted by atomic mass is 28.4. The van der Waals surface area contributed by atoms with Gasteiger partial charge in [-0.25, -0.2) is 4.79 Å². The Labute approximate surface area is 303 Å². The summed E-state index contributed by atoms with van der Waals surface area (Å²) in [6, 6.07) is 29.1. The van der Waals surface area contributed by atoms with E-state index in [4.69, 9.17) is 13.9 Å². The van der Waals surface area contributed by atoms with E-state index in [1.807, 2.05) is 54.6 Å². The molecule has 3 heterocycles. The van der Waals surface area contributed by atoms with Gasteiger partial charge in [0.25, 0.3) is 0 Å². The lowest BCUT2D eigenvalue weighted by atomic mass is 9.98. The minimum absolute atomic E-state index is 0.0118. The molecule has 4 atom stereocenters. The number of aryl methyl sites for hydroxylation is 1. The van der Waals surface area contributed by atoms with Crippen LogP contribution in [0.4, 0.5) is 16.2 Å². The maximum Gasteiger partial charge on any atom is 0.411 e. The lowest BCUT2D eigenvalue weighted by Gasteiger charge is -2.37. The second-order valence-corrected chi connectivity index (χ2v) is 20.8. The van der Waals surface area contributed by atoms with Crippen LogP contribution in [-0.2, 0) is 31.7 Å². The number of hydrogen-bond donors (Lipinski definition) is 2. The summed E-state index contributed by atoms with van der Waals surface area (Å²) in [6.45, 7) is 11.9. The summed E-state index contributed by atoms with van der Waals surface area (Å²) in [5.41, 5.74) is 5.71. The second kappa shape index (κ2) is 14.2. The zero-order valence-electron chi connectivity index (χ0n) is 30.7. The highest BCUT2D eigenvalue weighted by molar-refractivity contribution is 6.74. The first-order valence-electron chi connectivity index (χ1n) is 18.4. The summed E-state index contributed by atoms with van der Waals surface area (Å²) in [4.78, 5) is 28.5. The summed E-state index contributed by atoms with van der Waals surface area (Å²) in [5.74, 6) is -0.0118. The fourth-order valence-electron chi connectivity index (χ4n) is 7.51. The predicted octanol–water partition coefficient (Wildman–Crippen LogP) is 9.15. The summed E-state index contributed by atoms with van der Waals surface area (Å²) in [7, 11) is 0.276. The average molecular weight is 706 g/mol. The lowest BCUT2D eigenvalue weighted by Crippen LogP contribution is -2.48. The molecule has 3 fully saturated rings. The van der Waals surface area contributed by atoms with Gasteiger partial charge in [0.15, 0.2) is 8.32 Å². The number of anilines is 2. The van der Waals surface area contributed by atoms with Crippen LogP contribution in [0.1, 0.15) is 57.6 Å². The molecule has 2 bridgehead atoms. The number of hydrogen-bond acceptors (Lipinski definition) is 6. The van der Waals surface area contributed by atoms with Crippen molar-refractivity contribution in [3.05, 3.63) is 96.1 Å². The number of ether oxygens (including phenoxy) is 2. The summed E-state index contributed by atoms with van der Waals surface area (Å²) < 4.78 is 18.2. The lowest BCUT2D eigenvalue weighted by molar-refractivity contribution is -0.116. The fourth-order valence-corrected chi connectivity index (χ4v) is 8.45. The molecular formula is C42H51N3O5Si. The molecule has 51 heavy (non-hydrogen) atoms. The van der Waals surface area contributed by atoms with Crippen molar-refractivity contribution in [1.29, 1.82) is 0 Å². The molecule has 3 aliphatic rings. The van der Waals surface area contributed by atoms with Crippen molar-refractivity contribution in [3.8, 4) is 11.1 Å². The van der Waals surface area contributed by atoms with Crippen LogP contribution in [-0.4, -0.2) is 62.7 Å². The minimum atomic E-state index is -1.87. The number of rotatable bonds is 11. The molecule has 3 aliphatic heterocycles. The Morgan fingerprint density at radius 3 is 2.37 bits per heavy atom. The van der Waals surface area contributed by atoms with Gasteiger partial charge in [-0.2, -0.15) is 0 Å². The van der Waals surface area contributed by atoms with E-state index < -0.39 is 14.4 Å². The van der Waals surface area contributed by atoms with Crippen LogP contribution in [0, 0.1) is 0 Å². The largest absolute Gasteiger partial charge is 0.446 e. The number of fused-ring (bicyclic) bond motifs is 6. The van der Waals surface area contributed by atoms with Crippen LogP contribution < -0.4 is 10.6 Å². The maximum absolute atomic E-state index is 13.1. The third-order valence-electron chi connectivity index (χ3n) is 11.6. The molecule has 4 aromatic carbocycles. The van der Waals surface area contributed by atoms with Gasteiger partial charge in [-0.15, -0.1) is 0 Å². The standard InChI is InChI=1S/C42H51N3O5Si/c1-42(2,3)51(5,6)48-26-30-16-11-15-29-23-31(19-20-33(29)30)43-38(46)17-10-12-27-18-21-35(34(22-27)28-13-8-7-9-14-28)44-41(47)49-32-24-36-39-40(50-39)37(25-32)45(36)4/h7-9,11,13-16,18-23,32,36-37,39-40H,10,12,17,24-26H2,1-6H3,(H,43,46)(H,44,47). The first-order chi connectivity index (χ1) is 24.4. The molecule has 9 heteroatoms. The molecule has 4 unspecified atom stereocenters. The number of carbonyl (C=O) groups excluding carboxylic acids is 2. The Morgan fingerprint density at radius 2 is 1.65 bits per heavy atom. The van der Waals surface area contributed by atoms with E-state index in [-0.39, 0.29) is 17.0 Å². The number of epoxide rings is 1. The van der Waals surface area contributed by atoms with Gasteiger partial charge in [-0.1, -0.05) is 81.4 Å². The Balaban J connectivity index is 0.945. The number of nitrogens with zero attached hydrogens (tertiary/aromatic N) is 1. The van der Waals surface area contributed by atoms with Crippen LogP contribution in [0.25, 0.3) is 21.9 Å². The van der Waals surface area contributed by atoms with Gasteiger partial charge < -0.3 is 19.2 Å². The van der Waals surface area contributed by atoms with Crippen LogP contribution in [0.2, 0.25) is 18.1 Å². The quantitative estimate of drug-likeness (QED) is 0.120. The number of benzene rings is 4. The van der Waals surface area contributed by atoms with Crippen LogP contribution in [0.15, 0.2) is 84.9 Å². The fraction of sp³-hybridized carbons (Fsp3) is 0.429. The van der Waals surface area contributed by atoms with Crippen molar-refractivity contribution >= 4 is 42.5 Å². The molecule has 2 N–H and O–H groups in total. The molecule has 0 saturated carbocycles. The van der Waals surface area contributed by atoms with Crippen molar-refractivity contribution in [3.63, 3.8) is 0 Å². The van der Waals surface area contributed by atoms with E-state index in [0.29, 0.717) is 49.4 Å². The first kappa shape index (κ1) is 35.4. The van der Waals surface area contributed by atoms with Crippen molar-refractivity contribution in [1.82, 2.24) is 4.90 Å². The topological polar surface area (TPSA) is 92.4 Å². The van der Waals surface area contributed by atoms with Gasteiger partial charge in [0.2, 0.25) is 5.91 Å². The Bertz CT molecular complexity index is 1890. The van der Waals surface area contributed by atoms with Crippen molar-refractivity contribution in [2.24, 2.45) is 0 Å². The molecular weight excluding hydrogens is 655 g/mol. The van der Waals surface area contributed by atoms with E-state index in [9.17, 15) is 9.59 Å². The zero-order chi connectivity index (χ0) is 35.9. The van der Waals surface area contributed by atoms with Crippen molar-refractivity contribution in [2.45, 2.75) is 108 Å². The molecule has 2 amide bonds. The van der Waals surface area contributed by atoms with E-state index in [0.717, 1.165) is 52.4 Å². The maximum atomic E-state index is 13.1. The van der Waals surface area contributed by atoms with Crippen molar-refractivity contribution < 1.29 is 23.5 Å². The SMILES string of the molecule is CN1C2CC(OC(=O)Nc3ccc(CCCC(=O)Nc4ccc5c(CO[Si](C)(C)C(C)(C)C)cccc5c4)cc3-c3ccccc3)CC1C1OC12. The molecule has 8 nitrogen and oxygen atoms in total. The number of piperidine rings is 1. The Kier molecular flexibility index (Phi) is 9.84. The molecule has 4 aromatic rings. The monoisotopic (exact) mass is 705 g/mol. The van der Waals surface area contributed by atoms with Gasteiger partial charge in [-0.3, -0.25) is 15.0 Å². The molecule has 0 aliphatic carbocycles. The highest BCUT2D eigenvalue weighted by Crippen LogP contribution is 2.48. The van der Waals surface area contributed by atoms with Gasteiger partial charge >= 0.3 is 6.09 Å². The minimum Gasteiger partial charge on any atom is -0.446 e. The average Bonchev–Trinajstić information content (AvgIpc) is 3.86. The number of amides is 2. The number of likely N-dealkylation sites (N-methyl/N-ethyl adjacent to an activating group) is 1. The van der Waals surface area contributed by atoms with E-state index in [2.05, 4.69) is 86.8 Å². The normalized spacial score (nSPS) is 22.7. The second-order valence-electron chi connectivity index (χ2n) is 16.0. The smallest absolute Gasteiger partial charge is 0.411 e. The Hall–Kier alpha value is -4.02. The van der Waals surface area contributed by atoms with E-state index >= 15 is 0 Å². The number of morpholine rings is 1. The predicted molar refractivity (Wildman–Crippen MR) is 207 cm³/mol. The van der Waals surface area contributed by atoms with Crippen LogP contribution >= 0.6 is 0 Å². The van der Waals surface area contributed by atoms with Gasteiger partial charge in [0.05, 0.1) is 12.3 Å². The molecule has 0 aromatic heterocycles. The first-order valence-corrected chi connectivity index (χ1v) is 21.3. The van der Waals surface area contributed by atoms with E-state index in [1.165, 1.54) is 5.56 Å². The van der Waals surface area contributed by atoms with Crippen molar-refractivity contribution in [2.75, 3.05) is 17.7 Å². The van der Waals surface area contributed by atoms with Gasteiger partial charge in [0, 0.05) is 42.6 Å². The van der Waals surface area contributed by atoms with Gasteiger partial charge in [0.1, 0.15) is 18.3 Å². The molecule has 0 radical (unpaired) electrons. The molecule has 3 saturated heterocycles. The Morgan fingerprint density at radius 1 is 0.902 bits per heavy atom. The highest BCUT2D eigenvalue weighted by Gasteiger charge is 2.62. The van der Waals surface area contributed by atoms with E-state index in [1.54, 1.807) is 0 Å². The third-order valence-corrected chi connectivity index (χ3v) is 16.1. The summed E-state index contributed by atoms with van der Waals surface area (Å²) in [5, 5.41) is 8.51. The number of carbonyl (C=O) groups is 2. The van der Waals surface area contributed by atoms with Crippen LogP contribution in [0.5, 0.6) is 0 Å². The number of nitrogens with one attached hydrogen (secondary N) is 2. The van der Waals surface area contributed by atoms with Gasteiger partial charge in [-0.05, 0) is 89.7 Å². The van der Waals surface area contributed by atoms with Crippen LogP contribution in [0.3, 0.4) is 0 Å². The summed E-state index contributed by atoms with van der Waals surface area (Å²) >= 11 is 0. The third kappa shape index (κ3) is 7.77. The molecule has 0 spiro atoms. The zero-order valence-corrected chi connectivity index (χ0v) is 31.7.